The third kappa shape index (κ3) is 1.62. The van der Waals surface area contributed by atoms with Gasteiger partial charge < -0.3 is 18.7 Å². The van der Waals surface area contributed by atoms with E-state index in [2.05, 4.69) is 0 Å². The van der Waals surface area contributed by atoms with Crippen molar-refractivity contribution in [3.05, 3.63) is 55.0 Å². The molecule has 2 aromatic carbocycles. The lowest BCUT2D eigenvalue weighted by Gasteiger charge is -2.03. The van der Waals surface area contributed by atoms with Crippen LogP contribution in [-0.4, -0.2) is 5.11 Å². The van der Waals surface area contributed by atoms with Crippen LogP contribution in [0.5, 0.6) is 17.2 Å². The molecule has 0 radical (unpaired) electrons. The molecule has 0 atom stereocenters. The quantitative estimate of drug-likeness (QED) is 0.572. The number of benzene rings is 2. The zero-order valence-corrected chi connectivity index (χ0v) is 10.4. The van der Waals surface area contributed by atoms with Crippen LogP contribution >= 0.6 is 0 Å². The van der Waals surface area contributed by atoms with Crippen molar-refractivity contribution in [1.82, 2.24) is 0 Å². The summed E-state index contributed by atoms with van der Waals surface area (Å²) in [6.07, 6.45) is 3.13. The maximum absolute atomic E-state index is 9.70. The second-order valence-corrected chi connectivity index (χ2v) is 4.48. The van der Waals surface area contributed by atoms with Crippen molar-refractivity contribution in [2.75, 3.05) is 0 Å². The highest BCUT2D eigenvalue weighted by Crippen LogP contribution is 2.36. The fourth-order valence-electron chi connectivity index (χ4n) is 2.23. The highest BCUT2D eigenvalue weighted by atomic mass is 16.5. The molecular formula is C16H10O4. The molecule has 0 fully saturated rings. The molecule has 0 aliphatic heterocycles. The van der Waals surface area contributed by atoms with Gasteiger partial charge >= 0.3 is 0 Å². The van der Waals surface area contributed by atoms with Gasteiger partial charge in [0.25, 0.3) is 0 Å². The topological polar surface area (TPSA) is 55.7 Å². The number of aromatic hydroxyl groups is 1. The molecule has 2 heterocycles. The van der Waals surface area contributed by atoms with Crippen LogP contribution < -0.4 is 4.74 Å². The third-order valence-electron chi connectivity index (χ3n) is 3.20. The Morgan fingerprint density at radius 1 is 1.00 bits per heavy atom. The first kappa shape index (κ1) is 11.0. The normalized spacial score (nSPS) is 11.2. The molecule has 20 heavy (non-hydrogen) atoms. The molecule has 4 aromatic rings. The van der Waals surface area contributed by atoms with Gasteiger partial charge in [-0.2, -0.15) is 0 Å². The van der Waals surface area contributed by atoms with Crippen LogP contribution in [0.25, 0.3) is 21.9 Å². The van der Waals surface area contributed by atoms with Crippen LogP contribution in [0.3, 0.4) is 0 Å². The summed E-state index contributed by atoms with van der Waals surface area (Å²) in [5.74, 6) is 1.35. The summed E-state index contributed by atoms with van der Waals surface area (Å²) in [5, 5.41) is 11.4. The summed E-state index contributed by atoms with van der Waals surface area (Å²) in [6.45, 7) is 0. The Hall–Kier alpha value is -2.88. The van der Waals surface area contributed by atoms with E-state index >= 15 is 0 Å². The molecule has 98 valence electrons. The minimum atomic E-state index is 0.0997. The standard InChI is InChI=1S/C16H10O4/c17-13-3-1-2-12-15(9-19-16(12)13)20-11-4-5-14-10(8-11)6-7-18-14/h1-9,17H. The number of phenols is 1. The zero-order valence-electron chi connectivity index (χ0n) is 10.4. The van der Waals surface area contributed by atoms with E-state index in [4.69, 9.17) is 13.6 Å². The predicted molar refractivity (Wildman–Crippen MR) is 74.2 cm³/mol. The molecule has 0 amide bonds. The van der Waals surface area contributed by atoms with Gasteiger partial charge in [0, 0.05) is 5.39 Å². The maximum Gasteiger partial charge on any atom is 0.179 e. The summed E-state index contributed by atoms with van der Waals surface area (Å²) in [5.41, 5.74) is 1.24. The Labute approximate surface area is 113 Å². The van der Waals surface area contributed by atoms with Gasteiger partial charge in [-0.3, -0.25) is 0 Å². The van der Waals surface area contributed by atoms with E-state index in [9.17, 15) is 5.11 Å². The van der Waals surface area contributed by atoms with Gasteiger partial charge in [-0.15, -0.1) is 0 Å². The van der Waals surface area contributed by atoms with Crippen molar-refractivity contribution in [3.63, 3.8) is 0 Å². The fourth-order valence-corrected chi connectivity index (χ4v) is 2.23. The zero-order chi connectivity index (χ0) is 13.5. The number of hydrogen-bond acceptors (Lipinski definition) is 4. The summed E-state index contributed by atoms with van der Waals surface area (Å²) in [7, 11) is 0. The minimum absolute atomic E-state index is 0.0997. The van der Waals surface area contributed by atoms with Crippen LogP contribution in [-0.2, 0) is 0 Å². The van der Waals surface area contributed by atoms with E-state index in [1.54, 1.807) is 18.4 Å². The molecule has 0 bridgehead atoms. The van der Waals surface area contributed by atoms with Crippen molar-refractivity contribution in [1.29, 1.82) is 0 Å². The summed E-state index contributed by atoms with van der Waals surface area (Å²) in [4.78, 5) is 0. The maximum atomic E-state index is 9.70. The van der Waals surface area contributed by atoms with Crippen molar-refractivity contribution >= 4 is 21.9 Å². The van der Waals surface area contributed by atoms with Gasteiger partial charge in [0.2, 0.25) is 0 Å². The lowest BCUT2D eigenvalue weighted by molar-refractivity contribution is 0.457. The number of rotatable bonds is 2. The summed E-state index contributed by atoms with van der Waals surface area (Å²) >= 11 is 0. The molecule has 0 saturated carbocycles. The molecule has 0 aliphatic carbocycles. The van der Waals surface area contributed by atoms with Gasteiger partial charge in [0.05, 0.1) is 11.6 Å². The largest absolute Gasteiger partial charge is 0.504 e. The van der Waals surface area contributed by atoms with Crippen LogP contribution in [0.4, 0.5) is 0 Å². The van der Waals surface area contributed by atoms with Crippen molar-refractivity contribution in [3.8, 4) is 17.2 Å². The Morgan fingerprint density at radius 2 is 1.95 bits per heavy atom. The number of furan rings is 2. The average molecular weight is 266 g/mol. The fraction of sp³-hybridized carbons (Fsp3) is 0. The van der Waals surface area contributed by atoms with Gasteiger partial charge in [-0.25, -0.2) is 0 Å². The van der Waals surface area contributed by atoms with E-state index in [1.165, 1.54) is 6.26 Å². The predicted octanol–water partition coefficient (Wildman–Crippen LogP) is 4.68. The highest BCUT2D eigenvalue weighted by Gasteiger charge is 2.11. The van der Waals surface area contributed by atoms with Gasteiger partial charge in [-0.1, -0.05) is 6.07 Å². The Kier molecular flexibility index (Phi) is 2.23. The first-order valence-corrected chi connectivity index (χ1v) is 6.15. The molecule has 4 nitrogen and oxygen atoms in total. The molecule has 0 unspecified atom stereocenters. The lowest BCUT2D eigenvalue weighted by atomic mass is 10.2. The van der Waals surface area contributed by atoms with E-state index in [1.807, 2.05) is 30.3 Å². The second kappa shape index (κ2) is 4.06. The van der Waals surface area contributed by atoms with Crippen LogP contribution in [0.1, 0.15) is 0 Å². The van der Waals surface area contributed by atoms with Crippen LogP contribution in [0, 0.1) is 0 Å². The van der Waals surface area contributed by atoms with Crippen molar-refractivity contribution in [2.24, 2.45) is 0 Å². The number of ether oxygens (including phenoxy) is 1. The monoisotopic (exact) mass is 266 g/mol. The molecular weight excluding hydrogens is 256 g/mol. The molecule has 4 rings (SSSR count). The Bertz CT molecular complexity index is 901. The average Bonchev–Trinajstić information content (AvgIpc) is 3.06. The molecule has 0 saturated heterocycles. The minimum Gasteiger partial charge on any atom is -0.504 e. The number of hydrogen-bond donors (Lipinski definition) is 1. The van der Waals surface area contributed by atoms with Crippen molar-refractivity contribution in [2.45, 2.75) is 0 Å². The molecule has 1 N–H and O–H groups in total. The molecule has 0 spiro atoms. The smallest absolute Gasteiger partial charge is 0.179 e. The SMILES string of the molecule is Oc1cccc2c(Oc3ccc4occc4c3)coc12. The first-order valence-electron chi connectivity index (χ1n) is 6.15. The van der Waals surface area contributed by atoms with E-state index in [0.717, 1.165) is 16.4 Å². The van der Waals surface area contributed by atoms with Crippen molar-refractivity contribution < 1.29 is 18.7 Å². The van der Waals surface area contributed by atoms with Gasteiger partial charge in [0.15, 0.2) is 17.1 Å². The number of fused-ring (bicyclic) bond motifs is 2. The lowest BCUT2D eigenvalue weighted by Crippen LogP contribution is -1.82. The Balaban J connectivity index is 1.78. The molecule has 4 heteroatoms. The first-order chi connectivity index (χ1) is 9.81. The van der Waals surface area contributed by atoms with Crippen LogP contribution in [0.2, 0.25) is 0 Å². The molecule has 0 aliphatic rings. The Morgan fingerprint density at radius 3 is 2.90 bits per heavy atom. The summed E-state index contributed by atoms with van der Waals surface area (Å²) < 4.78 is 16.4. The second-order valence-electron chi connectivity index (χ2n) is 4.48. The van der Waals surface area contributed by atoms with E-state index in [0.29, 0.717) is 17.1 Å². The van der Waals surface area contributed by atoms with Gasteiger partial charge in [-0.05, 0) is 36.4 Å². The van der Waals surface area contributed by atoms with Crippen LogP contribution in [0.15, 0.2) is 63.8 Å². The third-order valence-corrected chi connectivity index (χ3v) is 3.20. The summed E-state index contributed by atoms with van der Waals surface area (Å²) in [6, 6.07) is 12.6. The van der Waals surface area contributed by atoms with E-state index in [-0.39, 0.29) is 5.75 Å². The van der Waals surface area contributed by atoms with Gasteiger partial charge in [0.1, 0.15) is 17.6 Å². The molecule has 2 aromatic heterocycles. The number of para-hydroxylation sites is 1. The van der Waals surface area contributed by atoms with E-state index < -0.39 is 0 Å². The number of phenolic OH excluding ortho intramolecular Hbond substituents is 1. The highest BCUT2D eigenvalue weighted by molar-refractivity contribution is 5.88.